The lowest BCUT2D eigenvalue weighted by Crippen LogP contribution is -2.49. The van der Waals surface area contributed by atoms with Crippen molar-refractivity contribution in [1.82, 2.24) is 15.2 Å². The van der Waals surface area contributed by atoms with Gasteiger partial charge in [0.2, 0.25) is 5.91 Å². The van der Waals surface area contributed by atoms with Crippen LogP contribution in [0, 0.1) is 23.5 Å². The molecule has 2 N–H and O–H groups in total. The van der Waals surface area contributed by atoms with Crippen LogP contribution in [-0.4, -0.2) is 45.5 Å². The lowest BCUT2D eigenvalue weighted by Gasteiger charge is -2.39. The summed E-state index contributed by atoms with van der Waals surface area (Å²) in [6, 6.07) is 0.216. The molecule has 13 heteroatoms. The number of carbonyl (C=O) groups excluding carboxylic acids is 2. The van der Waals surface area contributed by atoms with E-state index in [0.717, 1.165) is 12.3 Å². The molecule has 1 aromatic heterocycles. The molecule has 2 fully saturated rings. The third kappa shape index (κ3) is 6.02. The molecule has 1 saturated carbocycles. The van der Waals surface area contributed by atoms with Crippen molar-refractivity contribution in [2.45, 2.75) is 63.4 Å². The maximum Gasteiger partial charge on any atom is 0.419 e. The maximum atomic E-state index is 14.9. The maximum absolute atomic E-state index is 14.9. The van der Waals surface area contributed by atoms with Gasteiger partial charge in [-0.05, 0) is 55.4 Å². The number of aliphatic hydroxyl groups excluding tert-OH is 1. The summed E-state index contributed by atoms with van der Waals surface area (Å²) in [6.45, 7) is 1.98. The molecule has 1 aliphatic heterocycles. The number of carbonyl (C=O) groups is 2. The van der Waals surface area contributed by atoms with E-state index in [1.807, 2.05) is 6.92 Å². The van der Waals surface area contributed by atoms with Gasteiger partial charge >= 0.3 is 6.18 Å². The molecule has 2 heterocycles. The van der Waals surface area contributed by atoms with Crippen LogP contribution >= 0.6 is 0 Å². The molecule has 0 unspecified atom stereocenters. The van der Waals surface area contributed by atoms with Gasteiger partial charge in [0, 0.05) is 23.9 Å². The molecule has 1 aliphatic carbocycles. The summed E-state index contributed by atoms with van der Waals surface area (Å²) in [7, 11) is 0. The van der Waals surface area contributed by atoms with Crippen LogP contribution in [0.4, 0.5) is 30.7 Å². The highest BCUT2D eigenvalue weighted by molar-refractivity contribution is 5.98. The number of nitrogens with one attached hydrogen (secondary N) is 1. The van der Waals surface area contributed by atoms with Crippen LogP contribution in [0.3, 0.4) is 0 Å². The van der Waals surface area contributed by atoms with Crippen molar-refractivity contribution in [3.63, 3.8) is 0 Å². The number of likely N-dealkylation sites (tertiary alicyclic amines) is 1. The Kier molecular flexibility index (Phi) is 8.20. The fraction of sp³-hybridized carbons (Fsp3) is 0.500. The average molecular weight is 561 g/mol. The van der Waals surface area contributed by atoms with E-state index >= 15 is 0 Å². The van der Waals surface area contributed by atoms with Gasteiger partial charge < -0.3 is 15.3 Å². The smallest absolute Gasteiger partial charge is 0.393 e. The molecule has 4 rings (SSSR count). The number of halogens is 7. The molecule has 0 radical (unpaired) electrons. The number of nitrogens with zero attached hydrogens (tertiary/aromatic N) is 2. The van der Waals surface area contributed by atoms with Crippen molar-refractivity contribution in [3.8, 4) is 0 Å². The molecule has 2 aliphatic rings. The quantitative estimate of drug-likeness (QED) is 0.457. The van der Waals surface area contributed by atoms with Crippen LogP contribution in [0.25, 0.3) is 0 Å². The van der Waals surface area contributed by atoms with Crippen LogP contribution in [0.1, 0.15) is 72.3 Å². The molecule has 3 atom stereocenters. The predicted molar refractivity (Wildman–Crippen MR) is 123 cm³/mol. The molecule has 1 aromatic carbocycles. The van der Waals surface area contributed by atoms with Gasteiger partial charge in [-0.15, -0.1) is 0 Å². The van der Waals surface area contributed by atoms with Gasteiger partial charge in [-0.25, -0.2) is 17.6 Å². The third-order valence-electron chi connectivity index (χ3n) is 7.43. The Morgan fingerprint density at radius 1 is 1.13 bits per heavy atom. The molecule has 0 spiro atoms. The minimum atomic E-state index is -5.13. The highest BCUT2D eigenvalue weighted by atomic mass is 19.4. The second-order valence-electron chi connectivity index (χ2n) is 9.98. The first-order valence-electron chi connectivity index (χ1n) is 12.4. The van der Waals surface area contributed by atoms with Crippen LogP contribution in [-0.2, 0) is 11.0 Å². The zero-order valence-corrected chi connectivity index (χ0v) is 20.7. The number of hydrogen-bond acceptors (Lipinski definition) is 4. The second kappa shape index (κ2) is 11.1. The lowest BCUT2D eigenvalue weighted by molar-refractivity contribution is -0.140. The number of aromatic nitrogens is 1. The highest BCUT2D eigenvalue weighted by Crippen LogP contribution is 2.41. The first kappa shape index (κ1) is 28.8. The van der Waals surface area contributed by atoms with E-state index in [-0.39, 0.29) is 43.4 Å². The van der Waals surface area contributed by atoms with E-state index in [0.29, 0.717) is 12.5 Å². The molecule has 39 heavy (non-hydrogen) atoms. The Bertz CT molecular complexity index is 1230. The van der Waals surface area contributed by atoms with Crippen molar-refractivity contribution in [2.75, 3.05) is 6.54 Å². The van der Waals surface area contributed by atoms with Gasteiger partial charge in [-0.1, -0.05) is 13.3 Å². The summed E-state index contributed by atoms with van der Waals surface area (Å²) in [5.74, 6) is -5.26. The van der Waals surface area contributed by atoms with Crippen LogP contribution in [0.2, 0.25) is 0 Å². The van der Waals surface area contributed by atoms with Gasteiger partial charge in [0.15, 0.2) is 0 Å². The second-order valence-corrected chi connectivity index (χ2v) is 9.98. The van der Waals surface area contributed by atoms with Gasteiger partial charge in [-0.2, -0.15) is 13.2 Å². The van der Waals surface area contributed by atoms with Crippen molar-refractivity contribution in [3.05, 3.63) is 64.5 Å². The normalized spacial score (nSPS) is 24.0. The Labute approximate surface area is 219 Å². The van der Waals surface area contributed by atoms with E-state index < -0.39 is 77.0 Å². The number of hydrogen-bond donors (Lipinski definition) is 2. The van der Waals surface area contributed by atoms with Crippen LogP contribution in [0.5, 0.6) is 0 Å². The first-order chi connectivity index (χ1) is 18.3. The topological polar surface area (TPSA) is 82.5 Å². The zero-order chi connectivity index (χ0) is 28.6. The number of pyridine rings is 1. The molecular formula is C26H26F7N3O3. The van der Waals surface area contributed by atoms with Crippen molar-refractivity contribution < 1.29 is 45.4 Å². The number of amides is 2. The number of benzene rings is 1. The Morgan fingerprint density at radius 2 is 1.82 bits per heavy atom. The molecular weight excluding hydrogens is 535 g/mol. The van der Waals surface area contributed by atoms with E-state index in [4.69, 9.17) is 0 Å². The molecule has 2 amide bonds. The standard InChI is InChI=1S/C26H26F7N3O3/c1-2-12-5-21(36(11-12)25(39)13-3-4-34-20(8-13)23(29)30)24(38)35-22(14-6-15(37)7-14)16-9-19(28)17(10-18(16)27)26(31,32)33/h3-4,8-10,12,14-15,21-23,37H,2,5-7,11H2,1H3,(H,35,38)/t12-,14?,15?,21-,22-/m1/s1. The summed E-state index contributed by atoms with van der Waals surface area (Å²) < 4.78 is 94.7. The van der Waals surface area contributed by atoms with Crippen molar-refractivity contribution in [1.29, 1.82) is 0 Å². The predicted octanol–water partition coefficient (Wildman–Crippen LogP) is 5.19. The lowest BCUT2D eigenvalue weighted by atomic mass is 9.74. The van der Waals surface area contributed by atoms with Crippen molar-refractivity contribution >= 4 is 11.8 Å². The largest absolute Gasteiger partial charge is 0.419 e. The summed E-state index contributed by atoms with van der Waals surface area (Å²) >= 11 is 0. The minimum absolute atomic E-state index is 0.0292. The first-order valence-corrected chi connectivity index (χ1v) is 12.4. The molecule has 6 nitrogen and oxygen atoms in total. The fourth-order valence-electron chi connectivity index (χ4n) is 5.18. The van der Waals surface area contributed by atoms with Gasteiger partial charge in [0.25, 0.3) is 12.3 Å². The van der Waals surface area contributed by atoms with Gasteiger partial charge in [0.05, 0.1) is 17.7 Å². The monoisotopic (exact) mass is 561 g/mol. The summed E-state index contributed by atoms with van der Waals surface area (Å²) in [4.78, 5) is 31.5. The van der Waals surface area contributed by atoms with Crippen LogP contribution < -0.4 is 5.32 Å². The summed E-state index contributed by atoms with van der Waals surface area (Å²) in [5.41, 5.74) is -3.02. The summed E-state index contributed by atoms with van der Waals surface area (Å²) in [5, 5.41) is 12.3. The van der Waals surface area contributed by atoms with E-state index in [1.54, 1.807) is 0 Å². The van der Waals surface area contributed by atoms with Crippen molar-refractivity contribution in [2.24, 2.45) is 11.8 Å². The zero-order valence-electron chi connectivity index (χ0n) is 20.7. The number of aliphatic hydroxyl groups is 1. The highest BCUT2D eigenvalue weighted by Gasteiger charge is 2.44. The molecule has 1 saturated heterocycles. The number of rotatable bonds is 7. The Hall–Kier alpha value is -3.22. The van der Waals surface area contributed by atoms with Gasteiger partial charge in [-0.3, -0.25) is 14.6 Å². The Balaban J connectivity index is 1.63. The summed E-state index contributed by atoms with van der Waals surface area (Å²) in [6.07, 6.45) is -6.81. The SMILES string of the molecule is CC[C@@H]1C[C@H](C(=O)N[C@@H](c2cc(F)c(C(F)(F)F)cc2F)C2CC(O)C2)N(C(=O)c2ccnc(C(F)F)c2)C1. The molecule has 2 aromatic rings. The molecule has 0 bridgehead atoms. The third-order valence-corrected chi connectivity index (χ3v) is 7.43. The van der Waals surface area contributed by atoms with Gasteiger partial charge in [0.1, 0.15) is 23.4 Å². The molecule has 212 valence electrons. The van der Waals surface area contributed by atoms with E-state index in [1.165, 1.54) is 11.0 Å². The van der Waals surface area contributed by atoms with E-state index in [9.17, 15) is 45.4 Å². The fourth-order valence-corrected chi connectivity index (χ4v) is 5.18. The van der Waals surface area contributed by atoms with E-state index in [2.05, 4.69) is 10.3 Å². The minimum Gasteiger partial charge on any atom is -0.393 e. The average Bonchev–Trinajstić information content (AvgIpc) is 3.30. The Morgan fingerprint density at radius 3 is 2.41 bits per heavy atom. The van der Waals surface area contributed by atoms with Crippen LogP contribution in [0.15, 0.2) is 30.5 Å². The number of alkyl halides is 5.